The van der Waals surface area contributed by atoms with E-state index in [1.165, 1.54) is 0 Å². The molecule has 13 heavy (non-hydrogen) atoms. The molecule has 0 fully saturated rings. The van der Waals surface area contributed by atoms with E-state index >= 15 is 0 Å². The van der Waals surface area contributed by atoms with Gasteiger partial charge in [0.05, 0.1) is 4.47 Å². The first kappa shape index (κ1) is 10.6. The van der Waals surface area contributed by atoms with Gasteiger partial charge >= 0.3 is 0 Å². The van der Waals surface area contributed by atoms with Gasteiger partial charge in [0, 0.05) is 18.5 Å². The van der Waals surface area contributed by atoms with Crippen LogP contribution < -0.4 is 5.56 Å². The van der Waals surface area contributed by atoms with E-state index in [2.05, 4.69) is 35.1 Å². The second kappa shape index (κ2) is 4.67. The van der Waals surface area contributed by atoms with Crippen molar-refractivity contribution < 1.29 is 0 Å². The summed E-state index contributed by atoms with van der Waals surface area (Å²) in [4.78, 5) is 11.5. The number of hydrogen-bond donors (Lipinski definition) is 1. The van der Waals surface area contributed by atoms with Gasteiger partial charge in [0.1, 0.15) is 0 Å². The molecule has 0 bridgehead atoms. The Kier molecular flexibility index (Phi) is 3.81. The largest absolute Gasteiger partial charge is 0.310 e. The Hall–Kier alpha value is -0.480. The van der Waals surface area contributed by atoms with Crippen LogP contribution >= 0.6 is 28.6 Å². The van der Waals surface area contributed by atoms with Crippen molar-refractivity contribution in [1.82, 2.24) is 4.57 Å². The van der Waals surface area contributed by atoms with E-state index in [1.54, 1.807) is 16.8 Å². The molecule has 0 spiro atoms. The normalized spacial score (nSPS) is 10.0. The van der Waals surface area contributed by atoms with Crippen molar-refractivity contribution in [1.29, 1.82) is 0 Å². The quantitative estimate of drug-likeness (QED) is 0.652. The van der Waals surface area contributed by atoms with Crippen LogP contribution in [0.15, 0.2) is 39.7 Å². The van der Waals surface area contributed by atoms with Gasteiger partial charge in [0.25, 0.3) is 5.56 Å². The van der Waals surface area contributed by atoms with E-state index < -0.39 is 0 Å². The molecule has 0 aromatic carbocycles. The van der Waals surface area contributed by atoms with Crippen molar-refractivity contribution in [3.8, 4) is 0 Å². The van der Waals surface area contributed by atoms with Gasteiger partial charge in [0.2, 0.25) is 0 Å². The lowest BCUT2D eigenvalue weighted by molar-refractivity contribution is 0.747. The highest BCUT2D eigenvalue weighted by molar-refractivity contribution is 9.10. The summed E-state index contributed by atoms with van der Waals surface area (Å²) in [5.41, 5.74) is 0.883. The van der Waals surface area contributed by atoms with Crippen LogP contribution in [0.5, 0.6) is 0 Å². The zero-order chi connectivity index (χ0) is 9.84. The first-order chi connectivity index (χ1) is 6.15. The Bertz CT molecular complexity index is 372. The van der Waals surface area contributed by atoms with Crippen LogP contribution in [0.25, 0.3) is 0 Å². The van der Waals surface area contributed by atoms with Crippen LogP contribution in [0.2, 0.25) is 0 Å². The van der Waals surface area contributed by atoms with Crippen LogP contribution in [-0.2, 0) is 6.54 Å². The average Bonchev–Trinajstić information content (AvgIpc) is 2.13. The maximum atomic E-state index is 11.5. The van der Waals surface area contributed by atoms with E-state index in [9.17, 15) is 4.79 Å². The number of pyridine rings is 1. The number of aromatic nitrogens is 1. The minimum atomic E-state index is -0.0366. The highest BCUT2D eigenvalue weighted by Crippen LogP contribution is 2.03. The van der Waals surface area contributed by atoms with E-state index in [-0.39, 0.29) is 5.56 Å². The maximum absolute atomic E-state index is 11.5. The summed E-state index contributed by atoms with van der Waals surface area (Å²) < 4.78 is 2.17. The molecule has 0 aliphatic carbocycles. The predicted octanol–water partition coefficient (Wildman–Crippen LogP) is 2.10. The van der Waals surface area contributed by atoms with Gasteiger partial charge in [-0.25, -0.2) is 0 Å². The summed E-state index contributed by atoms with van der Waals surface area (Å²) in [6.45, 7) is 4.32. The number of rotatable bonds is 3. The molecule has 0 aliphatic rings. The first-order valence-electron chi connectivity index (χ1n) is 3.77. The summed E-state index contributed by atoms with van der Waals surface area (Å²) >= 11 is 7.26. The van der Waals surface area contributed by atoms with Crippen molar-refractivity contribution in [2.45, 2.75) is 6.54 Å². The Morgan fingerprint density at radius 1 is 1.69 bits per heavy atom. The van der Waals surface area contributed by atoms with Gasteiger partial charge in [-0.3, -0.25) is 4.79 Å². The summed E-state index contributed by atoms with van der Waals surface area (Å²) in [5.74, 6) is 0.596. The van der Waals surface area contributed by atoms with Crippen LogP contribution in [0, 0.1) is 0 Å². The Morgan fingerprint density at radius 3 is 3.00 bits per heavy atom. The molecule has 0 saturated carbocycles. The molecule has 0 saturated heterocycles. The standard InChI is InChI=1S/C9H10BrNOS/c1-7(6-13)5-11-4-2-3-8(10)9(11)12/h2-4,13H,1,5-6H2. The Balaban J connectivity index is 2.96. The lowest BCUT2D eigenvalue weighted by Crippen LogP contribution is -2.20. The summed E-state index contributed by atoms with van der Waals surface area (Å²) in [7, 11) is 0. The molecule has 0 atom stereocenters. The third-order valence-corrected chi connectivity index (χ3v) is 2.64. The van der Waals surface area contributed by atoms with Gasteiger partial charge in [-0.2, -0.15) is 12.6 Å². The van der Waals surface area contributed by atoms with E-state index in [1.807, 2.05) is 6.07 Å². The van der Waals surface area contributed by atoms with Crippen LogP contribution in [0.1, 0.15) is 0 Å². The lowest BCUT2D eigenvalue weighted by atomic mass is 10.3. The third kappa shape index (κ3) is 2.74. The first-order valence-corrected chi connectivity index (χ1v) is 5.20. The minimum Gasteiger partial charge on any atom is -0.310 e. The molecule has 70 valence electrons. The Morgan fingerprint density at radius 2 is 2.38 bits per heavy atom. The SMILES string of the molecule is C=C(CS)Cn1cccc(Br)c1=O. The monoisotopic (exact) mass is 259 g/mol. The fourth-order valence-corrected chi connectivity index (χ4v) is 1.40. The Labute approximate surface area is 90.8 Å². The second-order valence-corrected chi connectivity index (χ2v) is 3.87. The smallest absolute Gasteiger partial charge is 0.265 e. The van der Waals surface area contributed by atoms with E-state index in [0.29, 0.717) is 16.8 Å². The molecular weight excluding hydrogens is 250 g/mol. The van der Waals surface area contributed by atoms with Crippen LogP contribution in [0.4, 0.5) is 0 Å². The zero-order valence-corrected chi connectivity index (χ0v) is 9.51. The zero-order valence-electron chi connectivity index (χ0n) is 7.03. The fourth-order valence-electron chi connectivity index (χ4n) is 0.923. The van der Waals surface area contributed by atoms with Gasteiger partial charge in [-0.1, -0.05) is 6.58 Å². The van der Waals surface area contributed by atoms with Crippen molar-refractivity contribution in [2.24, 2.45) is 0 Å². The highest BCUT2D eigenvalue weighted by atomic mass is 79.9. The molecule has 0 amide bonds. The molecule has 0 aliphatic heterocycles. The van der Waals surface area contributed by atoms with Gasteiger partial charge in [-0.15, -0.1) is 0 Å². The number of hydrogen-bond acceptors (Lipinski definition) is 2. The van der Waals surface area contributed by atoms with Crippen molar-refractivity contribution in [3.63, 3.8) is 0 Å². The number of halogens is 1. The van der Waals surface area contributed by atoms with Gasteiger partial charge in [0.15, 0.2) is 0 Å². The number of nitrogens with zero attached hydrogens (tertiary/aromatic N) is 1. The number of thiol groups is 1. The molecule has 1 rings (SSSR count). The van der Waals surface area contributed by atoms with E-state index in [4.69, 9.17) is 0 Å². The van der Waals surface area contributed by atoms with Crippen molar-refractivity contribution >= 4 is 28.6 Å². The lowest BCUT2D eigenvalue weighted by Gasteiger charge is -2.05. The topological polar surface area (TPSA) is 22.0 Å². The molecule has 0 radical (unpaired) electrons. The summed E-state index contributed by atoms with van der Waals surface area (Å²) in [6, 6.07) is 3.54. The molecule has 1 aromatic rings. The van der Waals surface area contributed by atoms with E-state index in [0.717, 1.165) is 5.57 Å². The fraction of sp³-hybridized carbons (Fsp3) is 0.222. The summed E-state index contributed by atoms with van der Waals surface area (Å²) in [6.07, 6.45) is 1.74. The molecule has 1 heterocycles. The predicted molar refractivity (Wildman–Crippen MR) is 61.4 cm³/mol. The van der Waals surface area contributed by atoms with Crippen molar-refractivity contribution in [3.05, 3.63) is 45.3 Å². The van der Waals surface area contributed by atoms with Gasteiger partial charge in [-0.05, 0) is 33.6 Å². The minimum absolute atomic E-state index is 0.0366. The third-order valence-electron chi connectivity index (χ3n) is 1.59. The van der Waals surface area contributed by atoms with Crippen molar-refractivity contribution in [2.75, 3.05) is 5.75 Å². The highest BCUT2D eigenvalue weighted by Gasteiger charge is 2.00. The molecule has 4 heteroatoms. The molecular formula is C9H10BrNOS. The van der Waals surface area contributed by atoms with Crippen LogP contribution in [0.3, 0.4) is 0 Å². The molecule has 1 aromatic heterocycles. The molecule has 0 N–H and O–H groups in total. The van der Waals surface area contributed by atoms with Crippen LogP contribution in [-0.4, -0.2) is 10.3 Å². The second-order valence-electron chi connectivity index (χ2n) is 2.70. The summed E-state index contributed by atoms with van der Waals surface area (Å²) in [5, 5.41) is 0. The molecule has 2 nitrogen and oxygen atoms in total. The maximum Gasteiger partial charge on any atom is 0.265 e. The van der Waals surface area contributed by atoms with Gasteiger partial charge < -0.3 is 4.57 Å². The average molecular weight is 260 g/mol. The molecule has 0 unspecified atom stereocenters.